The molecule has 2 heterocycles. The van der Waals surface area contributed by atoms with Crippen molar-refractivity contribution in [3.63, 3.8) is 0 Å². The summed E-state index contributed by atoms with van der Waals surface area (Å²) in [6, 6.07) is 3.63. The normalized spacial score (nSPS) is 10.5. The van der Waals surface area contributed by atoms with Crippen LogP contribution in [0, 0.1) is 18.3 Å². The highest BCUT2D eigenvalue weighted by Crippen LogP contribution is 2.30. The van der Waals surface area contributed by atoms with E-state index in [0.29, 0.717) is 0 Å². The zero-order chi connectivity index (χ0) is 14.7. The van der Waals surface area contributed by atoms with E-state index in [1.54, 1.807) is 17.4 Å². The number of rotatable bonds is 4. The SMILES string of the molecule is CCCc1[nH]c(=O)c(C#N)cc1-c1nc(C)sc1CC. The van der Waals surface area contributed by atoms with Crippen molar-refractivity contribution in [1.82, 2.24) is 9.97 Å². The number of H-pyrrole nitrogens is 1. The Morgan fingerprint density at radius 3 is 2.80 bits per heavy atom. The van der Waals surface area contributed by atoms with Crippen molar-refractivity contribution >= 4 is 11.3 Å². The highest BCUT2D eigenvalue weighted by molar-refractivity contribution is 7.12. The highest BCUT2D eigenvalue weighted by Gasteiger charge is 2.16. The number of aryl methyl sites for hydroxylation is 3. The second-order valence-electron chi connectivity index (χ2n) is 4.62. The van der Waals surface area contributed by atoms with Gasteiger partial charge in [0, 0.05) is 16.1 Å². The molecule has 0 spiro atoms. The monoisotopic (exact) mass is 287 g/mol. The smallest absolute Gasteiger partial charge is 0.266 e. The zero-order valence-electron chi connectivity index (χ0n) is 11.9. The first kappa shape index (κ1) is 14.5. The number of hydrogen-bond acceptors (Lipinski definition) is 4. The van der Waals surface area contributed by atoms with Crippen molar-refractivity contribution in [2.24, 2.45) is 0 Å². The molecule has 0 atom stereocenters. The summed E-state index contributed by atoms with van der Waals surface area (Å²) in [4.78, 5) is 20.4. The van der Waals surface area contributed by atoms with Gasteiger partial charge in [0.2, 0.25) is 0 Å². The number of aromatic nitrogens is 2. The molecule has 0 unspecified atom stereocenters. The lowest BCUT2D eigenvalue weighted by Gasteiger charge is -2.08. The van der Waals surface area contributed by atoms with Crippen LogP contribution >= 0.6 is 11.3 Å². The fraction of sp³-hybridized carbons (Fsp3) is 0.400. The Hall–Kier alpha value is -1.93. The summed E-state index contributed by atoms with van der Waals surface area (Å²) in [7, 11) is 0. The molecular formula is C15H17N3OS. The average Bonchev–Trinajstić information content (AvgIpc) is 2.80. The van der Waals surface area contributed by atoms with E-state index in [1.807, 2.05) is 13.0 Å². The fourth-order valence-corrected chi connectivity index (χ4v) is 3.12. The van der Waals surface area contributed by atoms with Gasteiger partial charge in [-0.2, -0.15) is 5.26 Å². The van der Waals surface area contributed by atoms with Gasteiger partial charge in [0.1, 0.15) is 11.6 Å². The summed E-state index contributed by atoms with van der Waals surface area (Å²) in [6.45, 7) is 6.13. The molecule has 104 valence electrons. The molecule has 0 fully saturated rings. The van der Waals surface area contributed by atoms with E-state index in [2.05, 4.69) is 23.8 Å². The van der Waals surface area contributed by atoms with E-state index in [4.69, 9.17) is 5.26 Å². The Balaban J connectivity index is 2.70. The van der Waals surface area contributed by atoms with Gasteiger partial charge in [-0.3, -0.25) is 4.79 Å². The first-order chi connectivity index (χ1) is 9.60. The van der Waals surface area contributed by atoms with Crippen LogP contribution in [0.25, 0.3) is 11.3 Å². The van der Waals surface area contributed by atoms with E-state index in [0.717, 1.165) is 41.2 Å². The van der Waals surface area contributed by atoms with Crippen LogP contribution in [0.15, 0.2) is 10.9 Å². The maximum Gasteiger partial charge on any atom is 0.266 e. The molecule has 0 aliphatic rings. The number of pyridine rings is 1. The topological polar surface area (TPSA) is 69.5 Å². The molecule has 5 heteroatoms. The maximum atomic E-state index is 11.8. The largest absolute Gasteiger partial charge is 0.324 e. The molecule has 2 rings (SSSR count). The summed E-state index contributed by atoms with van der Waals surface area (Å²) >= 11 is 1.67. The van der Waals surface area contributed by atoms with Gasteiger partial charge >= 0.3 is 0 Å². The Morgan fingerprint density at radius 1 is 1.45 bits per heavy atom. The lowest BCUT2D eigenvalue weighted by molar-refractivity contribution is 0.874. The zero-order valence-corrected chi connectivity index (χ0v) is 12.7. The van der Waals surface area contributed by atoms with Crippen LogP contribution in [-0.2, 0) is 12.8 Å². The Labute approximate surface area is 122 Å². The first-order valence-electron chi connectivity index (χ1n) is 6.73. The third-order valence-electron chi connectivity index (χ3n) is 3.12. The minimum absolute atomic E-state index is 0.146. The number of nitriles is 1. The van der Waals surface area contributed by atoms with Crippen LogP contribution in [0.2, 0.25) is 0 Å². The van der Waals surface area contributed by atoms with Gasteiger partial charge in [0.15, 0.2) is 0 Å². The fourth-order valence-electron chi connectivity index (χ4n) is 2.23. The van der Waals surface area contributed by atoms with Crippen LogP contribution in [0.5, 0.6) is 0 Å². The van der Waals surface area contributed by atoms with Crippen molar-refractivity contribution < 1.29 is 0 Å². The molecule has 1 N–H and O–H groups in total. The van der Waals surface area contributed by atoms with Gasteiger partial charge < -0.3 is 4.98 Å². The first-order valence-corrected chi connectivity index (χ1v) is 7.55. The van der Waals surface area contributed by atoms with Crippen LogP contribution < -0.4 is 5.56 Å². The summed E-state index contributed by atoms with van der Waals surface area (Å²) in [5.41, 5.74) is 2.50. The second-order valence-corrected chi connectivity index (χ2v) is 5.91. The van der Waals surface area contributed by atoms with Crippen LogP contribution in [0.1, 0.15) is 41.4 Å². The maximum absolute atomic E-state index is 11.8. The molecule has 0 radical (unpaired) electrons. The summed E-state index contributed by atoms with van der Waals surface area (Å²) in [6.07, 6.45) is 2.60. The van der Waals surface area contributed by atoms with Crippen LogP contribution in [-0.4, -0.2) is 9.97 Å². The van der Waals surface area contributed by atoms with E-state index >= 15 is 0 Å². The third-order valence-corrected chi connectivity index (χ3v) is 4.24. The van der Waals surface area contributed by atoms with Gasteiger partial charge in [-0.1, -0.05) is 20.3 Å². The van der Waals surface area contributed by atoms with Crippen molar-refractivity contribution in [1.29, 1.82) is 5.26 Å². The quantitative estimate of drug-likeness (QED) is 0.938. The van der Waals surface area contributed by atoms with Crippen molar-refractivity contribution in [2.45, 2.75) is 40.0 Å². The predicted octanol–water partition coefficient (Wildman–Crippen LogP) is 3.19. The van der Waals surface area contributed by atoms with E-state index in [-0.39, 0.29) is 11.1 Å². The number of thiazole rings is 1. The molecule has 4 nitrogen and oxygen atoms in total. The molecular weight excluding hydrogens is 270 g/mol. The molecule has 2 aromatic rings. The molecule has 0 saturated carbocycles. The lowest BCUT2D eigenvalue weighted by atomic mass is 10.0. The van der Waals surface area contributed by atoms with E-state index < -0.39 is 0 Å². The molecule has 0 bridgehead atoms. The number of hydrogen-bond donors (Lipinski definition) is 1. The van der Waals surface area contributed by atoms with E-state index in [1.165, 1.54) is 4.88 Å². The predicted molar refractivity (Wildman–Crippen MR) is 81.0 cm³/mol. The minimum atomic E-state index is -0.315. The van der Waals surface area contributed by atoms with Crippen LogP contribution in [0.4, 0.5) is 0 Å². The van der Waals surface area contributed by atoms with Crippen LogP contribution in [0.3, 0.4) is 0 Å². The Morgan fingerprint density at radius 2 is 2.20 bits per heavy atom. The summed E-state index contributed by atoms with van der Waals surface area (Å²) < 4.78 is 0. The Kier molecular flexibility index (Phi) is 4.35. The van der Waals surface area contributed by atoms with Gasteiger partial charge in [0.25, 0.3) is 5.56 Å². The molecule has 0 amide bonds. The molecule has 0 aliphatic heterocycles. The molecule has 20 heavy (non-hydrogen) atoms. The Bertz CT molecular complexity index is 722. The second kappa shape index (κ2) is 6.02. The van der Waals surface area contributed by atoms with Gasteiger partial charge in [-0.25, -0.2) is 4.98 Å². The lowest BCUT2D eigenvalue weighted by Crippen LogP contribution is -2.14. The van der Waals surface area contributed by atoms with Crippen molar-refractivity contribution in [3.8, 4) is 17.3 Å². The minimum Gasteiger partial charge on any atom is -0.324 e. The highest BCUT2D eigenvalue weighted by atomic mass is 32.1. The van der Waals surface area contributed by atoms with Gasteiger partial charge in [-0.15, -0.1) is 11.3 Å². The molecule has 0 aromatic carbocycles. The van der Waals surface area contributed by atoms with Crippen molar-refractivity contribution in [3.05, 3.63) is 37.6 Å². The number of nitrogens with one attached hydrogen (secondary N) is 1. The van der Waals surface area contributed by atoms with Gasteiger partial charge in [0.05, 0.1) is 10.7 Å². The molecule has 0 saturated heterocycles. The molecule has 2 aromatic heterocycles. The third kappa shape index (κ3) is 2.66. The number of aromatic amines is 1. The summed E-state index contributed by atoms with van der Waals surface area (Å²) in [5, 5.41) is 10.1. The van der Waals surface area contributed by atoms with E-state index in [9.17, 15) is 4.79 Å². The number of nitrogens with zero attached hydrogens (tertiary/aromatic N) is 2. The van der Waals surface area contributed by atoms with Gasteiger partial charge in [-0.05, 0) is 25.8 Å². The molecule has 0 aliphatic carbocycles. The standard InChI is InChI=1S/C15H17N3OS/c1-4-6-12-11(7-10(8-16)15(19)18-12)14-13(5-2)20-9(3)17-14/h7H,4-6H2,1-3H3,(H,18,19). The summed E-state index contributed by atoms with van der Waals surface area (Å²) in [5.74, 6) is 0. The average molecular weight is 287 g/mol. The van der Waals surface area contributed by atoms with Crippen molar-refractivity contribution in [2.75, 3.05) is 0 Å².